The Morgan fingerprint density at radius 3 is 2.56 bits per heavy atom. The highest BCUT2D eigenvalue weighted by Crippen LogP contribution is 2.27. The molecule has 1 N–H and O–H groups in total. The Morgan fingerprint density at radius 2 is 1.78 bits per heavy atom. The molecule has 0 saturated heterocycles. The minimum Gasteiger partial charge on any atom is -0.507 e. The summed E-state index contributed by atoms with van der Waals surface area (Å²) < 4.78 is 1.60. The zero-order valence-corrected chi connectivity index (χ0v) is 10.3. The van der Waals surface area contributed by atoms with Crippen LogP contribution in [-0.4, -0.2) is 9.51 Å². The summed E-state index contributed by atoms with van der Waals surface area (Å²) in [5.41, 5.74) is 1.74. The summed E-state index contributed by atoms with van der Waals surface area (Å²) in [6.07, 6.45) is 1.76. The molecule has 0 aliphatic carbocycles. The fourth-order valence-electron chi connectivity index (χ4n) is 2.44. The summed E-state index contributed by atoms with van der Waals surface area (Å²) in [6, 6.07) is 9.77. The van der Waals surface area contributed by atoms with Gasteiger partial charge >= 0.3 is 0 Å². The van der Waals surface area contributed by atoms with E-state index >= 15 is 0 Å². The van der Waals surface area contributed by atoms with Crippen LogP contribution in [0.15, 0.2) is 41.3 Å². The number of hydrogen-bond acceptors (Lipinski definition) is 2. The number of rotatable bonds is 0. The molecule has 3 nitrogen and oxygen atoms in total. The van der Waals surface area contributed by atoms with Gasteiger partial charge in [0.2, 0.25) is 0 Å². The zero-order chi connectivity index (χ0) is 12.9. The smallest absolute Gasteiger partial charge is 0.261 e. The largest absolute Gasteiger partial charge is 0.507 e. The average Bonchev–Trinajstić information content (AvgIpc) is 2.41. The van der Waals surface area contributed by atoms with E-state index in [0.717, 1.165) is 21.9 Å². The van der Waals surface area contributed by atoms with Crippen molar-refractivity contribution in [2.75, 3.05) is 0 Å². The van der Waals surface area contributed by atoms with Crippen LogP contribution in [0.5, 0.6) is 5.75 Å². The highest BCUT2D eigenvalue weighted by Gasteiger charge is 2.12. The van der Waals surface area contributed by atoms with Crippen LogP contribution in [0.4, 0.5) is 0 Å². The van der Waals surface area contributed by atoms with Crippen LogP contribution >= 0.6 is 0 Å². The number of aromatic nitrogens is 1. The van der Waals surface area contributed by atoms with Crippen LogP contribution in [0.1, 0.15) is 11.1 Å². The lowest BCUT2D eigenvalue weighted by atomic mass is 10.1. The Kier molecular flexibility index (Phi) is 2.17. The van der Waals surface area contributed by atoms with Gasteiger partial charge in [0.25, 0.3) is 5.56 Å². The molecule has 0 unspecified atom stereocenters. The third-order valence-electron chi connectivity index (χ3n) is 3.47. The van der Waals surface area contributed by atoms with Crippen molar-refractivity contribution < 1.29 is 5.11 Å². The van der Waals surface area contributed by atoms with Gasteiger partial charge in [0.15, 0.2) is 0 Å². The molecule has 0 bridgehead atoms. The fraction of sp³-hybridized carbons (Fsp3) is 0.133. The van der Waals surface area contributed by atoms with E-state index in [1.54, 1.807) is 17.5 Å². The normalized spacial score (nSPS) is 11.2. The van der Waals surface area contributed by atoms with Crippen molar-refractivity contribution in [1.29, 1.82) is 0 Å². The van der Waals surface area contributed by atoms with E-state index in [1.165, 1.54) is 0 Å². The first-order valence-electron chi connectivity index (χ1n) is 5.83. The van der Waals surface area contributed by atoms with Gasteiger partial charge in [0.05, 0.1) is 11.1 Å². The Morgan fingerprint density at radius 1 is 1.06 bits per heavy atom. The van der Waals surface area contributed by atoms with Gasteiger partial charge in [-0.15, -0.1) is 0 Å². The first kappa shape index (κ1) is 10.8. The van der Waals surface area contributed by atoms with Gasteiger partial charge in [0.1, 0.15) is 5.75 Å². The molecule has 2 aromatic heterocycles. The van der Waals surface area contributed by atoms with E-state index in [1.807, 2.05) is 37.3 Å². The molecule has 1 aromatic carbocycles. The van der Waals surface area contributed by atoms with Crippen LogP contribution in [0.2, 0.25) is 0 Å². The molecule has 0 aliphatic heterocycles. The van der Waals surface area contributed by atoms with Crippen LogP contribution in [0, 0.1) is 13.8 Å². The van der Waals surface area contributed by atoms with Gasteiger partial charge in [-0.1, -0.05) is 24.3 Å². The summed E-state index contributed by atoms with van der Waals surface area (Å²) in [4.78, 5) is 12.1. The molecule has 2 heterocycles. The second-order valence-electron chi connectivity index (χ2n) is 4.53. The van der Waals surface area contributed by atoms with Crippen molar-refractivity contribution in [2.45, 2.75) is 13.8 Å². The number of aryl methyl sites for hydroxylation is 1. The average molecular weight is 239 g/mol. The van der Waals surface area contributed by atoms with E-state index < -0.39 is 0 Å². The Hall–Kier alpha value is -2.29. The molecule has 0 fully saturated rings. The van der Waals surface area contributed by atoms with E-state index in [-0.39, 0.29) is 11.3 Å². The lowest BCUT2D eigenvalue weighted by molar-refractivity contribution is 0.465. The predicted octanol–water partition coefficient (Wildman–Crippen LogP) is 2.78. The third kappa shape index (κ3) is 1.27. The van der Waals surface area contributed by atoms with Gasteiger partial charge in [-0.25, -0.2) is 0 Å². The SMILES string of the molecule is Cc1c(O)c(C)c2c3ccccc3ccn2c1=O. The van der Waals surface area contributed by atoms with Crippen LogP contribution in [0.25, 0.3) is 16.3 Å². The van der Waals surface area contributed by atoms with E-state index in [0.29, 0.717) is 5.56 Å². The third-order valence-corrected chi connectivity index (χ3v) is 3.47. The molecule has 0 atom stereocenters. The number of nitrogens with zero attached hydrogens (tertiary/aromatic N) is 1. The van der Waals surface area contributed by atoms with Crippen molar-refractivity contribution in [2.24, 2.45) is 0 Å². The lowest BCUT2D eigenvalue weighted by Crippen LogP contribution is -2.17. The zero-order valence-electron chi connectivity index (χ0n) is 10.3. The number of pyridine rings is 2. The number of benzene rings is 1. The van der Waals surface area contributed by atoms with Crippen molar-refractivity contribution in [3.05, 3.63) is 58.0 Å². The summed E-state index contributed by atoms with van der Waals surface area (Å²) in [5, 5.41) is 12.1. The second kappa shape index (κ2) is 3.60. The van der Waals surface area contributed by atoms with Crippen molar-refractivity contribution in [1.82, 2.24) is 4.40 Å². The summed E-state index contributed by atoms with van der Waals surface area (Å²) >= 11 is 0. The maximum absolute atomic E-state index is 12.1. The second-order valence-corrected chi connectivity index (χ2v) is 4.53. The van der Waals surface area contributed by atoms with Gasteiger partial charge in [-0.05, 0) is 25.3 Å². The number of hydrogen-bond donors (Lipinski definition) is 1. The first-order chi connectivity index (χ1) is 8.61. The van der Waals surface area contributed by atoms with E-state index in [4.69, 9.17) is 0 Å². The minimum absolute atomic E-state index is 0.0938. The number of aromatic hydroxyl groups is 1. The molecule has 0 radical (unpaired) electrons. The number of fused-ring (bicyclic) bond motifs is 3. The maximum atomic E-state index is 12.1. The first-order valence-corrected chi connectivity index (χ1v) is 5.83. The molecular weight excluding hydrogens is 226 g/mol. The van der Waals surface area contributed by atoms with Gasteiger partial charge in [-0.2, -0.15) is 0 Å². The molecule has 18 heavy (non-hydrogen) atoms. The molecule has 0 amide bonds. The fourth-order valence-corrected chi connectivity index (χ4v) is 2.44. The van der Waals surface area contributed by atoms with E-state index in [9.17, 15) is 9.90 Å². The monoisotopic (exact) mass is 239 g/mol. The lowest BCUT2D eigenvalue weighted by Gasteiger charge is -2.11. The summed E-state index contributed by atoms with van der Waals surface area (Å²) in [5.74, 6) is 0.0938. The van der Waals surface area contributed by atoms with Crippen LogP contribution in [-0.2, 0) is 0 Å². The molecule has 90 valence electrons. The molecule has 3 aromatic rings. The molecule has 0 saturated carbocycles. The topological polar surface area (TPSA) is 41.7 Å². The van der Waals surface area contributed by atoms with Crippen LogP contribution < -0.4 is 5.56 Å². The molecular formula is C15H13NO2. The predicted molar refractivity (Wildman–Crippen MR) is 72.3 cm³/mol. The van der Waals surface area contributed by atoms with Gasteiger partial charge < -0.3 is 5.11 Å². The van der Waals surface area contributed by atoms with Crippen molar-refractivity contribution in [3.63, 3.8) is 0 Å². The standard InChI is InChI=1S/C15H13NO2/c1-9-13-12-6-4-3-5-11(12)7-8-16(13)15(18)10(2)14(9)17/h3-8,17H,1-2H3. The minimum atomic E-state index is -0.168. The molecule has 0 aliphatic rings. The molecule has 0 spiro atoms. The van der Waals surface area contributed by atoms with E-state index in [2.05, 4.69) is 0 Å². The highest BCUT2D eigenvalue weighted by molar-refractivity contribution is 5.97. The molecule has 3 heteroatoms. The van der Waals surface area contributed by atoms with Gasteiger partial charge in [0, 0.05) is 17.1 Å². The Bertz CT molecular complexity index is 831. The maximum Gasteiger partial charge on any atom is 0.261 e. The Balaban J connectivity index is 2.71. The highest BCUT2D eigenvalue weighted by atomic mass is 16.3. The van der Waals surface area contributed by atoms with Crippen molar-refractivity contribution >= 4 is 16.3 Å². The molecule has 3 rings (SSSR count). The Labute approximate surface area is 104 Å². The summed E-state index contributed by atoms with van der Waals surface area (Å²) in [6.45, 7) is 3.48. The van der Waals surface area contributed by atoms with Gasteiger partial charge in [-0.3, -0.25) is 9.20 Å². The van der Waals surface area contributed by atoms with Crippen molar-refractivity contribution in [3.8, 4) is 5.75 Å². The summed E-state index contributed by atoms with van der Waals surface area (Å²) in [7, 11) is 0. The quantitative estimate of drug-likeness (QED) is 0.613. The van der Waals surface area contributed by atoms with Crippen LogP contribution in [0.3, 0.4) is 0 Å².